The van der Waals surface area contributed by atoms with Gasteiger partial charge in [0, 0.05) is 29.2 Å². The lowest BCUT2D eigenvalue weighted by Crippen LogP contribution is -2.47. The summed E-state index contributed by atoms with van der Waals surface area (Å²) in [7, 11) is 0. The Kier molecular flexibility index (Phi) is 3.89. The van der Waals surface area contributed by atoms with Crippen molar-refractivity contribution in [3.8, 4) is 0 Å². The summed E-state index contributed by atoms with van der Waals surface area (Å²) in [6, 6.07) is 8.33. The monoisotopic (exact) mass is 335 g/mol. The van der Waals surface area contributed by atoms with E-state index in [1.807, 2.05) is 13.0 Å². The first-order chi connectivity index (χ1) is 9.69. The van der Waals surface area contributed by atoms with Crippen LogP contribution in [0.4, 0.5) is 5.82 Å². The van der Waals surface area contributed by atoms with Crippen molar-refractivity contribution in [1.82, 2.24) is 10.2 Å². The topological polar surface area (TPSA) is 38.2 Å². The van der Waals surface area contributed by atoms with Crippen molar-refractivity contribution < 1.29 is 4.74 Å². The number of rotatable bonds is 2. The Hall–Kier alpha value is -1.20. The van der Waals surface area contributed by atoms with Crippen molar-refractivity contribution in [3.63, 3.8) is 0 Å². The van der Waals surface area contributed by atoms with Crippen molar-refractivity contribution >= 4 is 32.5 Å². The van der Waals surface area contributed by atoms with Crippen molar-refractivity contribution in [3.05, 3.63) is 30.0 Å². The molecule has 2 atom stereocenters. The SMILES string of the molecule is Cc1nnc(N2CC(C)OC(CBr)C2)c2ccccc12. The number of ether oxygens (including phenoxy) is 1. The molecule has 1 aliphatic rings. The van der Waals surface area contributed by atoms with Crippen LogP contribution in [0.3, 0.4) is 0 Å². The lowest BCUT2D eigenvalue weighted by Gasteiger charge is -2.37. The molecule has 2 unspecified atom stereocenters. The number of aromatic nitrogens is 2. The molecule has 2 heterocycles. The quantitative estimate of drug-likeness (QED) is 0.791. The predicted molar refractivity (Wildman–Crippen MR) is 84.6 cm³/mol. The Balaban J connectivity index is 2.03. The Morgan fingerprint density at radius 1 is 1.25 bits per heavy atom. The molecular formula is C15H18BrN3O. The lowest BCUT2D eigenvalue weighted by molar-refractivity contribution is -0.00218. The minimum absolute atomic E-state index is 0.195. The summed E-state index contributed by atoms with van der Waals surface area (Å²) in [4.78, 5) is 2.29. The fraction of sp³-hybridized carbons (Fsp3) is 0.467. The number of nitrogens with zero attached hydrogens (tertiary/aromatic N) is 3. The number of morpholine rings is 1. The van der Waals surface area contributed by atoms with Gasteiger partial charge in [-0.3, -0.25) is 0 Å². The van der Waals surface area contributed by atoms with Gasteiger partial charge in [-0.05, 0) is 13.8 Å². The van der Waals surface area contributed by atoms with Crippen LogP contribution in [0.25, 0.3) is 10.8 Å². The largest absolute Gasteiger partial charge is 0.371 e. The summed E-state index contributed by atoms with van der Waals surface area (Å²) in [5.74, 6) is 0.965. The van der Waals surface area contributed by atoms with Gasteiger partial charge in [0.2, 0.25) is 0 Å². The molecule has 20 heavy (non-hydrogen) atoms. The Labute approximate surface area is 127 Å². The first kappa shape index (κ1) is 13.8. The molecule has 5 heteroatoms. The van der Waals surface area contributed by atoms with E-state index in [0.717, 1.165) is 29.9 Å². The van der Waals surface area contributed by atoms with E-state index in [4.69, 9.17) is 4.74 Å². The minimum atomic E-state index is 0.195. The molecule has 0 amide bonds. The Morgan fingerprint density at radius 3 is 2.75 bits per heavy atom. The van der Waals surface area contributed by atoms with E-state index in [1.165, 1.54) is 10.8 Å². The van der Waals surface area contributed by atoms with E-state index >= 15 is 0 Å². The number of hydrogen-bond donors (Lipinski definition) is 0. The highest BCUT2D eigenvalue weighted by Crippen LogP contribution is 2.27. The van der Waals surface area contributed by atoms with E-state index in [9.17, 15) is 0 Å². The summed E-state index contributed by atoms with van der Waals surface area (Å²) in [6.45, 7) is 5.80. The van der Waals surface area contributed by atoms with Crippen molar-refractivity contribution in [2.75, 3.05) is 23.3 Å². The predicted octanol–water partition coefficient (Wildman–Crippen LogP) is 2.93. The number of hydrogen-bond acceptors (Lipinski definition) is 4. The van der Waals surface area contributed by atoms with Gasteiger partial charge in [-0.2, -0.15) is 5.10 Å². The highest BCUT2D eigenvalue weighted by molar-refractivity contribution is 9.09. The summed E-state index contributed by atoms with van der Waals surface area (Å²) < 4.78 is 5.89. The van der Waals surface area contributed by atoms with Crippen molar-refractivity contribution in [2.45, 2.75) is 26.1 Å². The van der Waals surface area contributed by atoms with Gasteiger partial charge < -0.3 is 9.64 Å². The zero-order valence-electron chi connectivity index (χ0n) is 11.7. The molecule has 1 aliphatic heterocycles. The molecule has 2 aromatic rings. The Bertz CT molecular complexity index is 619. The molecule has 1 saturated heterocycles. The summed E-state index contributed by atoms with van der Waals surface area (Å²) in [5.41, 5.74) is 0.975. The van der Waals surface area contributed by atoms with Gasteiger partial charge >= 0.3 is 0 Å². The van der Waals surface area contributed by atoms with Gasteiger partial charge in [-0.15, -0.1) is 5.10 Å². The van der Waals surface area contributed by atoms with E-state index in [-0.39, 0.29) is 12.2 Å². The molecule has 1 aromatic carbocycles. The third-order valence-corrected chi connectivity index (χ3v) is 4.37. The van der Waals surface area contributed by atoms with Crippen LogP contribution in [0.1, 0.15) is 12.6 Å². The molecular weight excluding hydrogens is 318 g/mol. The highest BCUT2D eigenvalue weighted by Gasteiger charge is 2.26. The van der Waals surface area contributed by atoms with E-state index in [1.54, 1.807) is 0 Å². The third kappa shape index (κ3) is 2.52. The maximum atomic E-state index is 5.89. The van der Waals surface area contributed by atoms with Gasteiger partial charge in [0.25, 0.3) is 0 Å². The molecule has 0 N–H and O–H groups in total. The van der Waals surface area contributed by atoms with E-state index in [2.05, 4.69) is 56.2 Å². The second-order valence-corrected chi connectivity index (χ2v) is 5.93. The van der Waals surface area contributed by atoms with Gasteiger partial charge in [-0.1, -0.05) is 40.2 Å². The Morgan fingerprint density at radius 2 is 2.00 bits per heavy atom. The van der Waals surface area contributed by atoms with Gasteiger partial charge in [-0.25, -0.2) is 0 Å². The van der Waals surface area contributed by atoms with Crippen LogP contribution < -0.4 is 4.90 Å². The molecule has 0 bridgehead atoms. The standard InChI is InChI=1S/C15H18BrN3O/c1-10-8-19(9-12(7-16)20-10)15-14-6-4-3-5-13(14)11(2)17-18-15/h3-6,10,12H,7-9H2,1-2H3. The summed E-state index contributed by atoms with van der Waals surface area (Å²) in [6.07, 6.45) is 0.397. The molecule has 1 aromatic heterocycles. The van der Waals surface area contributed by atoms with Gasteiger partial charge in [0.05, 0.1) is 17.9 Å². The zero-order chi connectivity index (χ0) is 14.1. The number of fused-ring (bicyclic) bond motifs is 1. The number of anilines is 1. The van der Waals surface area contributed by atoms with Crippen molar-refractivity contribution in [1.29, 1.82) is 0 Å². The normalized spacial score (nSPS) is 23.2. The van der Waals surface area contributed by atoms with Crippen LogP contribution in [0.5, 0.6) is 0 Å². The number of aryl methyl sites for hydroxylation is 1. The van der Waals surface area contributed by atoms with Crippen LogP contribution in [-0.2, 0) is 4.74 Å². The average molecular weight is 336 g/mol. The first-order valence-electron chi connectivity index (χ1n) is 6.87. The van der Waals surface area contributed by atoms with E-state index < -0.39 is 0 Å². The van der Waals surface area contributed by atoms with Crippen LogP contribution in [-0.4, -0.2) is 40.8 Å². The van der Waals surface area contributed by atoms with E-state index in [0.29, 0.717) is 0 Å². The van der Waals surface area contributed by atoms with Gasteiger partial charge in [0.15, 0.2) is 5.82 Å². The number of benzene rings is 1. The number of alkyl halides is 1. The number of halogens is 1. The van der Waals surface area contributed by atoms with Crippen molar-refractivity contribution in [2.24, 2.45) is 0 Å². The van der Waals surface area contributed by atoms with Crippen LogP contribution in [0.2, 0.25) is 0 Å². The highest BCUT2D eigenvalue weighted by atomic mass is 79.9. The molecule has 0 saturated carbocycles. The minimum Gasteiger partial charge on any atom is -0.371 e. The fourth-order valence-corrected chi connectivity index (χ4v) is 3.12. The smallest absolute Gasteiger partial charge is 0.159 e. The molecule has 4 nitrogen and oxygen atoms in total. The molecule has 106 valence electrons. The molecule has 3 rings (SSSR count). The second-order valence-electron chi connectivity index (χ2n) is 5.28. The third-order valence-electron chi connectivity index (χ3n) is 3.65. The maximum Gasteiger partial charge on any atom is 0.159 e. The molecule has 0 spiro atoms. The van der Waals surface area contributed by atoms with Crippen LogP contribution >= 0.6 is 15.9 Å². The molecule has 1 fully saturated rings. The lowest BCUT2D eigenvalue weighted by atomic mass is 10.1. The second kappa shape index (κ2) is 5.66. The molecule has 0 aliphatic carbocycles. The summed E-state index contributed by atoms with van der Waals surface area (Å²) in [5, 5.41) is 11.9. The average Bonchev–Trinajstić information content (AvgIpc) is 2.47. The van der Waals surface area contributed by atoms with Crippen LogP contribution in [0, 0.1) is 6.92 Å². The van der Waals surface area contributed by atoms with Gasteiger partial charge in [0.1, 0.15) is 0 Å². The fourth-order valence-electron chi connectivity index (χ4n) is 2.76. The first-order valence-corrected chi connectivity index (χ1v) is 7.99. The summed E-state index contributed by atoms with van der Waals surface area (Å²) >= 11 is 3.51. The maximum absolute atomic E-state index is 5.89. The zero-order valence-corrected chi connectivity index (χ0v) is 13.3. The van der Waals surface area contributed by atoms with Crippen LogP contribution in [0.15, 0.2) is 24.3 Å². The molecule has 0 radical (unpaired) electrons.